The van der Waals surface area contributed by atoms with E-state index in [1.165, 1.54) is 11.3 Å². The van der Waals surface area contributed by atoms with E-state index in [1.54, 1.807) is 0 Å². The van der Waals surface area contributed by atoms with Crippen LogP contribution >= 0.6 is 0 Å². The van der Waals surface area contributed by atoms with E-state index in [4.69, 9.17) is 9.84 Å². The molecule has 2 aliphatic heterocycles. The normalized spacial score (nSPS) is 25.1. The lowest BCUT2D eigenvalue weighted by Crippen LogP contribution is -2.60. The van der Waals surface area contributed by atoms with Crippen LogP contribution in [-0.2, 0) is 11.3 Å². The van der Waals surface area contributed by atoms with Gasteiger partial charge < -0.3 is 4.74 Å². The summed E-state index contributed by atoms with van der Waals surface area (Å²) in [6, 6.07) is 11.5. The molecule has 134 valence electrons. The fourth-order valence-corrected chi connectivity index (χ4v) is 4.22. The van der Waals surface area contributed by atoms with Crippen molar-refractivity contribution in [1.82, 2.24) is 19.6 Å². The second-order valence-electron chi connectivity index (χ2n) is 7.41. The second kappa shape index (κ2) is 6.90. The van der Waals surface area contributed by atoms with Gasteiger partial charge in [0.25, 0.3) is 0 Å². The van der Waals surface area contributed by atoms with Crippen molar-refractivity contribution in [3.05, 3.63) is 47.3 Å². The van der Waals surface area contributed by atoms with Crippen LogP contribution in [0.25, 0.3) is 5.69 Å². The zero-order chi connectivity index (χ0) is 17.4. The van der Waals surface area contributed by atoms with Gasteiger partial charge in [0.15, 0.2) is 0 Å². The van der Waals surface area contributed by atoms with E-state index < -0.39 is 0 Å². The number of hydrogen-bond acceptors (Lipinski definition) is 4. The van der Waals surface area contributed by atoms with E-state index in [2.05, 4.69) is 59.5 Å². The van der Waals surface area contributed by atoms with Gasteiger partial charge in [0.05, 0.1) is 24.6 Å². The lowest BCUT2D eigenvalue weighted by Gasteiger charge is -2.47. The quantitative estimate of drug-likeness (QED) is 0.859. The highest BCUT2D eigenvalue weighted by molar-refractivity contribution is 5.36. The molecule has 3 heterocycles. The summed E-state index contributed by atoms with van der Waals surface area (Å²) >= 11 is 0. The summed E-state index contributed by atoms with van der Waals surface area (Å²) in [4.78, 5) is 5.18. The minimum Gasteiger partial charge on any atom is -0.378 e. The third-order valence-corrected chi connectivity index (χ3v) is 5.67. The number of rotatable bonds is 3. The molecule has 1 aromatic carbocycles. The monoisotopic (exact) mass is 340 g/mol. The van der Waals surface area contributed by atoms with Crippen LogP contribution in [0.1, 0.15) is 23.9 Å². The molecule has 0 amide bonds. The molecule has 25 heavy (non-hydrogen) atoms. The zero-order valence-corrected chi connectivity index (χ0v) is 15.5. The Labute approximate surface area is 150 Å². The fraction of sp³-hybridized carbons (Fsp3) is 0.550. The third-order valence-electron chi connectivity index (χ3n) is 5.67. The van der Waals surface area contributed by atoms with Crippen molar-refractivity contribution in [3.63, 3.8) is 0 Å². The summed E-state index contributed by atoms with van der Waals surface area (Å²) in [7, 11) is 0. The molecule has 1 aromatic heterocycles. The highest BCUT2D eigenvalue weighted by atomic mass is 16.5. The van der Waals surface area contributed by atoms with Gasteiger partial charge in [-0.3, -0.25) is 9.80 Å². The predicted molar refractivity (Wildman–Crippen MR) is 99.1 cm³/mol. The molecule has 2 fully saturated rings. The van der Waals surface area contributed by atoms with Crippen LogP contribution in [0, 0.1) is 13.8 Å². The fourth-order valence-electron chi connectivity index (χ4n) is 4.22. The largest absolute Gasteiger partial charge is 0.378 e. The Morgan fingerprint density at radius 2 is 1.92 bits per heavy atom. The van der Waals surface area contributed by atoms with E-state index in [0.717, 1.165) is 50.8 Å². The van der Waals surface area contributed by atoms with E-state index >= 15 is 0 Å². The SMILES string of the molecule is Cc1nn(-c2ccccc2)c(C)c1CN1CCN2[C@@H](COC[C@@H]2C)C1. The Morgan fingerprint density at radius 1 is 1.12 bits per heavy atom. The number of nitrogens with zero attached hydrogens (tertiary/aromatic N) is 4. The first kappa shape index (κ1) is 16.8. The van der Waals surface area contributed by atoms with Crippen molar-refractivity contribution < 1.29 is 4.74 Å². The number of ether oxygens (including phenoxy) is 1. The third kappa shape index (κ3) is 3.24. The maximum atomic E-state index is 5.77. The van der Waals surface area contributed by atoms with Gasteiger partial charge in [-0.15, -0.1) is 0 Å². The van der Waals surface area contributed by atoms with Gasteiger partial charge >= 0.3 is 0 Å². The minimum atomic E-state index is 0.530. The van der Waals surface area contributed by atoms with Gasteiger partial charge in [-0.05, 0) is 32.9 Å². The van der Waals surface area contributed by atoms with Crippen molar-refractivity contribution in [2.75, 3.05) is 32.8 Å². The van der Waals surface area contributed by atoms with Gasteiger partial charge in [-0.2, -0.15) is 5.10 Å². The molecule has 0 saturated carbocycles. The molecule has 0 bridgehead atoms. The van der Waals surface area contributed by atoms with Crippen LogP contribution in [0.2, 0.25) is 0 Å². The molecular weight excluding hydrogens is 312 g/mol. The van der Waals surface area contributed by atoms with Crippen LogP contribution in [0.15, 0.2) is 30.3 Å². The first-order valence-electron chi connectivity index (χ1n) is 9.30. The Morgan fingerprint density at radius 3 is 2.72 bits per heavy atom. The Bertz CT molecular complexity index is 727. The predicted octanol–water partition coefficient (Wildman–Crippen LogP) is 2.39. The Balaban J connectivity index is 1.51. The van der Waals surface area contributed by atoms with Gasteiger partial charge in [0.2, 0.25) is 0 Å². The zero-order valence-electron chi connectivity index (χ0n) is 15.5. The Hall–Kier alpha value is -1.69. The summed E-state index contributed by atoms with van der Waals surface area (Å²) in [6.45, 7) is 12.6. The molecule has 0 N–H and O–H groups in total. The molecule has 4 rings (SSSR count). The van der Waals surface area contributed by atoms with Crippen molar-refractivity contribution in [3.8, 4) is 5.69 Å². The van der Waals surface area contributed by atoms with Gasteiger partial charge in [-0.1, -0.05) is 18.2 Å². The maximum absolute atomic E-state index is 5.77. The number of para-hydroxylation sites is 1. The standard InChI is InChI=1S/C20H28N4O/c1-15-13-25-14-19-11-22(9-10-23(15)19)12-20-16(2)21-24(17(20)3)18-7-5-4-6-8-18/h4-8,15,19H,9-14H2,1-3H3/t15-,19+/m0/s1. The number of morpholine rings is 1. The summed E-state index contributed by atoms with van der Waals surface area (Å²) in [5, 5.41) is 4.79. The topological polar surface area (TPSA) is 33.5 Å². The second-order valence-corrected chi connectivity index (χ2v) is 7.41. The number of aromatic nitrogens is 2. The number of benzene rings is 1. The van der Waals surface area contributed by atoms with Crippen LogP contribution in [0.5, 0.6) is 0 Å². The molecule has 0 spiro atoms. The lowest BCUT2D eigenvalue weighted by molar-refractivity contribution is -0.0766. The molecule has 0 aliphatic carbocycles. The smallest absolute Gasteiger partial charge is 0.0648 e. The molecule has 2 aromatic rings. The van der Waals surface area contributed by atoms with E-state index in [0.29, 0.717) is 12.1 Å². The average molecular weight is 340 g/mol. The molecule has 2 atom stereocenters. The highest BCUT2D eigenvalue weighted by Gasteiger charge is 2.33. The summed E-state index contributed by atoms with van der Waals surface area (Å²) in [5.74, 6) is 0. The molecule has 0 radical (unpaired) electrons. The first-order valence-corrected chi connectivity index (χ1v) is 9.30. The molecule has 2 saturated heterocycles. The summed E-state index contributed by atoms with van der Waals surface area (Å²) in [6.07, 6.45) is 0. The van der Waals surface area contributed by atoms with Crippen molar-refractivity contribution in [2.45, 2.75) is 39.4 Å². The molecular formula is C20H28N4O. The molecule has 5 heteroatoms. The summed E-state index contributed by atoms with van der Waals surface area (Å²) in [5.41, 5.74) is 4.88. The molecule has 5 nitrogen and oxygen atoms in total. The number of piperazine rings is 1. The number of fused-ring (bicyclic) bond motifs is 1. The minimum absolute atomic E-state index is 0.530. The van der Waals surface area contributed by atoms with Gasteiger partial charge in [-0.25, -0.2) is 4.68 Å². The van der Waals surface area contributed by atoms with Crippen LogP contribution in [0.4, 0.5) is 0 Å². The number of aryl methyl sites for hydroxylation is 1. The van der Waals surface area contributed by atoms with Gasteiger partial charge in [0.1, 0.15) is 0 Å². The van der Waals surface area contributed by atoms with Gasteiger partial charge in [0, 0.05) is 49.5 Å². The van der Waals surface area contributed by atoms with E-state index in [9.17, 15) is 0 Å². The number of hydrogen-bond donors (Lipinski definition) is 0. The molecule has 0 unspecified atom stereocenters. The van der Waals surface area contributed by atoms with Crippen molar-refractivity contribution in [2.24, 2.45) is 0 Å². The highest BCUT2D eigenvalue weighted by Crippen LogP contribution is 2.23. The average Bonchev–Trinajstić information content (AvgIpc) is 2.91. The Kier molecular flexibility index (Phi) is 4.63. The van der Waals surface area contributed by atoms with Crippen LogP contribution in [-0.4, -0.2) is 64.5 Å². The maximum Gasteiger partial charge on any atom is 0.0648 e. The van der Waals surface area contributed by atoms with Crippen LogP contribution in [0.3, 0.4) is 0 Å². The van der Waals surface area contributed by atoms with Crippen LogP contribution < -0.4 is 0 Å². The molecule has 2 aliphatic rings. The van der Waals surface area contributed by atoms with Crippen molar-refractivity contribution in [1.29, 1.82) is 0 Å². The lowest BCUT2D eigenvalue weighted by atomic mass is 10.1. The van der Waals surface area contributed by atoms with E-state index in [1.807, 2.05) is 6.07 Å². The summed E-state index contributed by atoms with van der Waals surface area (Å²) < 4.78 is 7.85. The van der Waals surface area contributed by atoms with E-state index in [-0.39, 0.29) is 0 Å². The first-order chi connectivity index (χ1) is 12.1. The van der Waals surface area contributed by atoms with Crippen molar-refractivity contribution >= 4 is 0 Å².